The van der Waals surface area contributed by atoms with E-state index in [-0.39, 0.29) is 17.7 Å². The Labute approximate surface area is 204 Å². The van der Waals surface area contributed by atoms with Crippen molar-refractivity contribution >= 4 is 29.0 Å². The molecule has 35 heavy (non-hydrogen) atoms. The van der Waals surface area contributed by atoms with Gasteiger partial charge in [-0.2, -0.15) is 0 Å². The molecule has 186 valence electrons. The monoisotopic (exact) mass is 480 g/mol. The van der Waals surface area contributed by atoms with Gasteiger partial charge in [-0.15, -0.1) is 0 Å². The van der Waals surface area contributed by atoms with E-state index in [0.717, 1.165) is 5.56 Å². The number of para-hydroxylation sites is 1. The summed E-state index contributed by atoms with van der Waals surface area (Å²) in [5, 5.41) is 2.54. The third kappa shape index (κ3) is 6.23. The predicted molar refractivity (Wildman–Crippen MR) is 132 cm³/mol. The molecular weight excluding hydrogens is 448 g/mol. The van der Waals surface area contributed by atoms with E-state index in [9.17, 15) is 14.4 Å². The van der Waals surface area contributed by atoms with E-state index < -0.39 is 29.2 Å². The summed E-state index contributed by atoms with van der Waals surface area (Å²) < 4.78 is 12.5. The number of rotatable bonds is 4. The molecule has 1 N–H and O–H groups in total. The molecule has 0 bridgehead atoms. The number of carbonyl (C=O) groups is 3. The van der Waals surface area contributed by atoms with Gasteiger partial charge >= 0.3 is 12.1 Å². The van der Waals surface area contributed by atoms with E-state index >= 15 is 0 Å². The number of benzene rings is 1. The lowest BCUT2D eigenvalue weighted by Gasteiger charge is -2.20. The van der Waals surface area contributed by atoms with E-state index in [0.29, 0.717) is 22.6 Å². The summed E-state index contributed by atoms with van der Waals surface area (Å²) in [5.41, 5.74) is 1.48. The van der Waals surface area contributed by atoms with Crippen LogP contribution in [0.1, 0.15) is 79.5 Å². The van der Waals surface area contributed by atoms with Gasteiger partial charge in [0.05, 0.1) is 16.6 Å². The quantitative estimate of drug-likeness (QED) is 0.550. The molecule has 2 aromatic heterocycles. The number of amides is 1. The average Bonchev–Trinajstić information content (AvgIpc) is 3.07. The maximum atomic E-state index is 12.8. The summed E-state index contributed by atoms with van der Waals surface area (Å²) in [6, 6.07) is 8.51. The van der Waals surface area contributed by atoms with Crippen molar-refractivity contribution in [1.29, 1.82) is 0 Å². The second-order valence-corrected chi connectivity index (χ2v) is 10.2. The standard InChI is InChI=1S/C26H32N4O5/c1-15-28-21-16(10-9-11-20(21)30(15)24(33)35-26(5,6)7)12-18-13-17(23(32)34-25(2,3)4)14-19(29-18)22(31)27-8/h9-11,13-14H,12H2,1-8H3,(H,27,31). The van der Waals surface area contributed by atoms with Crippen LogP contribution in [0.25, 0.3) is 11.0 Å². The highest BCUT2D eigenvalue weighted by Gasteiger charge is 2.24. The zero-order valence-corrected chi connectivity index (χ0v) is 21.5. The average molecular weight is 481 g/mol. The van der Waals surface area contributed by atoms with Crippen molar-refractivity contribution < 1.29 is 23.9 Å². The third-order valence-corrected chi connectivity index (χ3v) is 4.86. The summed E-state index contributed by atoms with van der Waals surface area (Å²) in [6.45, 7) is 12.5. The molecule has 3 aromatic rings. The van der Waals surface area contributed by atoms with Gasteiger partial charge in [0.2, 0.25) is 0 Å². The van der Waals surface area contributed by atoms with Crippen LogP contribution < -0.4 is 5.32 Å². The van der Waals surface area contributed by atoms with Gasteiger partial charge in [-0.1, -0.05) is 12.1 Å². The lowest BCUT2D eigenvalue weighted by Crippen LogP contribution is -2.27. The fraction of sp³-hybridized carbons (Fsp3) is 0.423. The maximum absolute atomic E-state index is 12.8. The SMILES string of the molecule is CNC(=O)c1cc(C(=O)OC(C)(C)C)cc(Cc2cccc3c2nc(C)n3C(=O)OC(C)(C)C)n1. The van der Waals surface area contributed by atoms with E-state index in [1.165, 1.54) is 17.7 Å². The van der Waals surface area contributed by atoms with Crippen molar-refractivity contribution in [3.8, 4) is 0 Å². The Morgan fingerprint density at radius 3 is 2.23 bits per heavy atom. The van der Waals surface area contributed by atoms with Gasteiger partial charge in [-0.3, -0.25) is 4.79 Å². The largest absolute Gasteiger partial charge is 0.456 e. The summed E-state index contributed by atoms with van der Waals surface area (Å²) in [7, 11) is 1.50. The number of imidazole rings is 1. The highest BCUT2D eigenvalue weighted by molar-refractivity contribution is 5.96. The smallest absolute Gasteiger partial charge is 0.420 e. The molecule has 0 aliphatic rings. The van der Waals surface area contributed by atoms with Crippen LogP contribution in [0.3, 0.4) is 0 Å². The van der Waals surface area contributed by atoms with Gasteiger partial charge < -0.3 is 14.8 Å². The number of hydrogen-bond donors (Lipinski definition) is 1. The van der Waals surface area contributed by atoms with Crippen molar-refractivity contribution in [2.75, 3.05) is 7.05 Å². The summed E-state index contributed by atoms with van der Waals surface area (Å²) in [4.78, 5) is 46.9. The first-order chi connectivity index (χ1) is 16.2. The molecule has 2 heterocycles. The van der Waals surface area contributed by atoms with Gasteiger partial charge in [-0.05, 0) is 72.2 Å². The Bertz CT molecular complexity index is 1300. The Hall–Kier alpha value is -3.75. The van der Waals surface area contributed by atoms with Crippen LogP contribution in [-0.2, 0) is 15.9 Å². The Balaban J connectivity index is 2.05. The number of aromatic nitrogens is 3. The number of hydrogen-bond acceptors (Lipinski definition) is 7. The highest BCUT2D eigenvalue weighted by Crippen LogP contribution is 2.24. The molecule has 0 atom stereocenters. The number of ether oxygens (including phenoxy) is 2. The van der Waals surface area contributed by atoms with Gasteiger partial charge in [0.25, 0.3) is 5.91 Å². The van der Waals surface area contributed by atoms with Gasteiger partial charge in [0, 0.05) is 19.2 Å². The zero-order chi connectivity index (χ0) is 26.1. The number of aryl methyl sites for hydroxylation is 1. The number of pyridine rings is 1. The van der Waals surface area contributed by atoms with Crippen molar-refractivity contribution in [1.82, 2.24) is 19.9 Å². The zero-order valence-electron chi connectivity index (χ0n) is 21.5. The molecule has 0 aliphatic heterocycles. The van der Waals surface area contributed by atoms with Crippen LogP contribution in [0.5, 0.6) is 0 Å². The van der Waals surface area contributed by atoms with Crippen LogP contribution in [-0.4, -0.2) is 50.8 Å². The second kappa shape index (κ2) is 9.48. The molecule has 0 unspecified atom stereocenters. The maximum Gasteiger partial charge on any atom is 0.420 e. The van der Waals surface area contributed by atoms with Crippen LogP contribution >= 0.6 is 0 Å². The molecule has 0 aliphatic carbocycles. The topological polar surface area (TPSA) is 112 Å². The van der Waals surface area contributed by atoms with E-state index in [1.54, 1.807) is 60.6 Å². The van der Waals surface area contributed by atoms with Crippen molar-refractivity contribution in [3.63, 3.8) is 0 Å². The molecule has 0 radical (unpaired) electrons. The highest BCUT2D eigenvalue weighted by atomic mass is 16.6. The Kier molecular flexibility index (Phi) is 7.01. The first-order valence-corrected chi connectivity index (χ1v) is 11.3. The molecule has 1 amide bonds. The van der Waals surface area contributed by atoms with Crippen LogP contribution in [0.2, 0.25) is 0 Å². The molecule has 9 nitrogen and oxygen atoms in total. The number of nitrogens with zero attached hydrogens (tertiary/aromatic N) is 3. The first-order valence-electron chi connectivity index (χ1n) is 11.3. The van der Waals surface area contributed by atoms with E-state index in [4.69, 9.17) is 9.47 Å². The summed E-state index contributed by atoms with van der Waals surface area (Å²) >= 11 is 0. The second-order valence-electron chi connectivity index (χ2n) is 10.2. The number of esters is 1. The van der Waals surface area contributed by atoms with Crippen molar-refractivity contribution in [3.05, 3.63) is 58.7 Å². The van der Waals surface area contributed by atoms with E-state index in [2.05, 4.69) is 15.3 Å². The van der Waals surface area contributed by atoms with Gasteiger partial charge in [-0.25, -0.2) is 24.1 Å². The van der Waals surface area contributed by atoms with Crippen molar-refractivity contribution in [2.24, 2.45) is 0 Å². The normalized spacial score (nSPS) is 11.9. The fourth-order valence-electron chi connectivity index (χ4n) is 3.53. The molecule has 0 fully saturated rings. The predicted octanol–water partition coefficient (Wildman–Crippen LogP) is 4.43. The lowest BCUT2D eigenvalue weighted by atomic mass is 10.0. The van der Waals surface area contributed by atoms with Crippen LogP contribution in [0.4, 0.5) is 4.79 Å². The Morgan fingerprint density at radius 1 is 0.971 bits per heavy atom. The van der Waals surface area contributed by atoms with Crippen LogP contribution in [0, 0.1) is 6.92 Å². The molecule has 9 heteroatoms. The number of nitrogens with one attached hydrogen (secondary N) is 1. The van der Waals surface area contributed by atoms with Crippen molar-refractivity contribution in [2.45, 2.75) is 66.1 Å². The minimum Gasteiger partial charge on any atom is -0.456 e. The molecule has 0 saturated carbocycles. The number of fused-ring (bicyclic) bond motifs is 1. The number of carbonyl (C=O) groups excluding carboxylic acids is 3. The minimum absolute atomic E-state index is 0.105. The molecule has 0 saturated heterocycles. The molecule has 0 spiro atoms. The van der Waals surface area contributed by atoms with E-state index in [1.807, 2.05) is 12.1 Å². The van der Waals surface area contributed by atoms with Gasteiger partial charge in [0.1, 0.15) is 22.7 Å². The summed E-state index contributed by atoms with van der Waals surface area (Å²) in [6.07, 6.45) is -0.232. The summed E-state index contributed by atoms with van der Waals surface area (Å²) in [5.74, 6) is -0.474. The minimum atomic E-state index is -0.689. The molecule has 1 aromatic carbocycles. The third-order valence-electron chi connectivity index (χ3n) is 4.86. The Morgan fingerprint density at radius 2 is 1.63 bits per heavy atom. The fourth-order valence-corrected chi connectivity index (χ4v) is 3.53. The molecule has 3 rings (SSSR count). The molecular formula is C26H32N4O5. The first kappa shape index (κ1) is 25.9. The van der Waals surface area contributed by atoms with Crippen LogP contribution in [0.15, 0.2) is 30.3 Å². The van der Waals surface area contributed by atoms with Gasteiger partial charge in [0.15, 0.2) is 0 Å². The lowest BCUT2D eigenvalue weighted by molar-refractivity contribution is 0.00689.